The third kappa shape index (κ3) is 3.51. The average Bonchev–Trinajstić information content (AvgIpc) is 2.17. The van der Waals surface area contributed by atoms with E-state index < -0.39 is 12.7 Å². The van der Waals surface area contributed by atoms with Gasteiger partial charge < -0.3 is 5.73 Å². The largest absolute Gasteiger partial charge is 0.322 e. The molecule has 0 bridgehead atoms. The van der Waals surface area contributed by atoms with Crippen molar-refractivity contribution in [2.24, 2.45) is 5.73 Å². The second-order valence-electron chi connectivity index (χ2n) is 2.64. The van der Waals surface area contributed by atoms with Crippen LogP contribution in [0.25, 0.3) is 0 Å². The van der Waals surface area contributed by atoms with Crippen molar-refractivity contribution in [1.29, 1.82) is 0 Å². The second-order valence-corrected chi connectivity index (χ2v) is 2.90. The highest BCUT2D eigenvalue weighted by molar-refractivity contribution is 6.17. The van der Waals surface area contributed by atoms with Crippen molar-refractivity contribution in [3.63, 3.8) is 0 Å². The minimum absolute atomic E-state index is 0. The quantitative estimate of drug-likeness (QED) is 0.785. The van der Waals surface area contributed by atoms with Crippen LogP contribution in [-0.2, 0) is 5.88 Å². The summed E-state index contributed by atoms with van der Waals surface area (Å²) >= 11 is 5.59. The zero-order valence-electron chi connectivity index (χ0n) is 7.04. The summed E-state index contributed by atoms with van der Waals surface area (Å²) in [6, 6.07) is 6.83. The van der Waals surface area contributed by atoms with Crippen LogP contribution in [0.15, 0.2) is 24.3 Å². The summed E-state index contributed by atoms with van der Waals surface area (Å²) in [5.41, 5.74) is 7.31. The molecule has 0 fully saturated rings. The maximum atomic E-state index is 12.1. The number of halogens is 3. The second kappa shape index (κ2) is 6.19. The predicted octanol–water partition coefficient (Wildman–Crippen LogP) is 2.82. The molecule has 13 heavy (non-hydrogen) atoms. The van der Waals surface area contributed by atoms with Gasteiger partial charge in [0, 0.05) is 5.88 Å². The van der Waals surface area contributed by atoms with E-state index >= 15 is 0 Å². The van der Waals surface area contributed by atoms with Gasteiger partial charge in [-0.15, -0.1) is 24.0 Å². The SMILES string of the molecule is Cl.NC(CF)c1ccc(CCl)cc1. The molecule has 0 aliphatic rings. The van der Waals surface area contributed by atoms with Crippen LogP contribution in [0.3, 0.4) is 0 Å². The van der Waals surface area contributed by atoms with Crippen molar-refractivity contribution in [1.82, 2.24) is 0 Å². The fraction of sp³-hybridized carbons (Fsp3) is 0.333. The van der Waals surface area contributed by atoms with Gasteiger partial charge in [-0.25, -0.2) is 4.39 Å². The number of alkyl halides is 2. The summed E-state index contributed by atoms with van der Waals surface area (Å²) in [4.78, 5) is 0. The van der Waals surface area contributed by atoms with E-state index in [0.29, 0.717) is 5.88 Å². The standard InChI is InChI=1S/C9H11ClFN.ClH/c10-5-7-1-3-8(4-2-7)9(12)6-11;/h1-4,9H,5-6,12H2;1H. The summed E-state index contributed by atoms with van der Waals surface area (Å²) < 4.78 is 12.1. The van der Waals surface area contributed by atoms with Crippen LogP contribution in [0.4, 0.5) is 4.39 Å². The van der Waals surface area contributed by atoms with E-state index in [1.165, 1.54) is 0 Å². The average molecular weight is 224 g/mol. The molecule has 1 rings (SSSR count). The molecule has 74 valence electrons. The Bertz CT molecular complexity index is 238. The highest BCUT2D eigenvalue weighted by Gasteiger charge is 2.03. The minimum Gasteiger partial charge on any atom is -0.322 e. The molecule has 0 aromatic heterocycles. The molecule has 1 aromatic carbocycles. The van der Waals surface area contributed by atoms with E-state index in [9.17, 15) is 4.39 Å². The van der Waals surface area contributed by atoms with Gasteiger partial charge in [0.2, 0.25) is 0 Å². The van der Waals surface area contributed by atoms with Gasteiger partial charge in [0.15, 0.2) is 0 Å². The summed E-state index contributed by atoms with van der Waals surface area (Å²) in [5, 5.41) is 0. The van der Waals surface area contributed by atoms with Crippen molar-refractivity contribution in [3.8, 4) is 0 Å². The van der Waals surface area contributed by atoms with Gasteiger partial charge in [0.1, 0.15) is 6.67 Å². The van der Waals surface area contributed by atoms with Crippen LogP contribution >= 0.6 is 24.0 Å². The topological polar surface area (TPSA) is 26.0 Å². The molecular formula is C9H12Cl2FN. The molecule has 0 amide bonds. The van der Waals surface area contributed by atoms with Crippen LogP contribution in [0, 0.1) is 0 Å². The Labute approximate surface area is 88.5 Å². The Kier molecular flexibility index (Phi) is 6.04. The fourth-order valence-electron chi connectivity index (χ4n) is 0.943. The van der Waals surface area contributed by atoms with E-state index in [1.54, 1.807) is 0 Å². The van der Waals surface area contributed by atoms with Crippen molar-refractivity contribution in [2.75, 3.05) is 6.67 Å². The van der Waals surface area contributed by atoms with E-state index in [2.05, 4.69) is 0 Å². The molecule has 0 heterocycles. The smallest absolute Gasteiger partial charge is 0.109 e. The Balaban J connectivity index is 0.00000144. The summed E-state index contributed by atoms with van der Waals surface area (Å²) in [6.45, 7) is -0.528. The zero-order chi connectivity index (χ0) is 8.97. The molecule has 0 radical (unpaired) electrons. The van der Waals surface area contributed by atoms with Gasteiger partial charge in [-0.05, 0) is 11.1 Å². The maximum absolute atomic E-state index is 12.1. The van der Waals surface area contributed by atoms with Gasteiger partial charge in [-0.1, -0.05) is 24.3 Å². The summed E-state index contributed by atoms with van der Waals surface area (Å²) in [5.74, 6) is 0.477. The van der Waals surface area contributed by atoms with Crippen LogP contribution in [0.2, 0.25) is 0 Å². The van der Waals surface area contributed by atoms with Crippen LogP contribution in [0.5, 0.6) is 0 Å². The summed E-state index contributed by atoms with van der Waals surface area (Å²) in [7, 11) is 0. The molecule has 1 nitrogen and oxygen atoms in total. The van der Waals surface area contributed by atoms with Crippen LogP contribution < -0.4 is 5.73 Å². The lowest BCUT2D eigenvalue weighted by Crippen LogP contribution is -2.11. The van der Waals surface area contributed by atoms with Gasteiger partial charge in [-0.2, -0.15) is 0 Å². The van der Waals surface area contributed by atoms with Gasteiger partial charge >= 0.3 is 0 Å². The Hall–Kier alpha value is -0.310. The Morgan fingerprint density at radius 2 is 1.85 bits per heavy atom. The first-order valence-electron chi connectivity index (χ1n) is 3.74. The van der Waals surface area contributed by atoms with Crippen LogP contribution in [-0.4, -0.2) is 6.67 Å². The van der Waals surface area contributed by atoms with Gasteiger partial charge in [0.05, 0.1) is 6.04 Å². The van der Waals surface area contributed by atoms with Gasteiger partial charge in [0.25, 0.3) is 0 Å². The number of benzene rings is 1. The maximum Gasteiger partial charge on any atom is 0.109 e. The number of hydrogen-bond acceptors (Lipinski definition) is 1. The monoisotopic (exact) mass is 223 g/mol. The molecule has 0 aliphatic carbocycles. The molecule has 1 unspecified atom stereocenters. The molecule has 0 saturated carbocycles. The fourth-order valence-corrected chi connectivity index (χ4v) is 1.12. The number of hydrogen-bond donors (Lipinski definition) is 1. The van der Waals surface area contributed by atoms with E-state index in [1.807, 2.05) is 24.3 Å². The lowest BCUT2D eigenvalue weighted by atomic mass is 10.1. The lowest BCUT2D eigenvalue weighted by molar-refractivity contribution is 0.437. The Morgan fingerprint density at radius 3 is 2.23 bits per heavy atom. The lowest BCUT2D eigenvalue weighted by Gasteiger charge is -2.06. The molecule has 1 aromatic rings. The molecule has 2 N–H and O–H groups in total. The zero-order valence-corrected chi connectivity index (χ0v) is 8.61. The first-order valence-corrected chi connectivity index (χ1v) is 4.27. The first-order chi connectivity index (χ1) is 5.77. The van der Waals surface area contributed by atoms with Crippen molar-refractivity contribution < 1.29 is 4.39 Å². The Morgan fingerprint density at radius 1 is 1.31 bits per heavy atom. The number of nitrogens with two attached hydrogens (primary N) is 1. The third-order valence-corrected chi connectivity index (χ3v) is 2.04. The molecular weight excluding hydrogens is 212 g/mol. The van der Waals surface area contributed by atoms with Crippen molar-refractivity contribution in [3.05, 3.63) is 35.4 Å². The first kappa shape index (κ1) is 12.7. The van der Waals surface area contributed by atoms with E-state index in [4.69, 9.17) is 17.3 Å². The molecule has 0 aliphatic heterocycles. The number of rotatable bonds is 3. The van der Waals surface area contributed by atoms with Crippen molar-refractivity contribution in [2.45, 2.75) is 11.9 Å². The minimum atomic E-state index is -0.528. The molecule has 0 saturated heterocycles. The van der Waals surface area contributed by atoms with Gasteiger partial charge in [-0.3, -0.25) is 0 Å². The highest BCUT2D eigenvalue weighted by atomic mass is 35.5. The van der Waals surface area contributed by atoms with E-state index in [0.717, 1.165) is 11.1 Å². The molecule has 4 heteroatoms. The molecule has 0 spiro atoms. The summed E-state index contributed by atoms with van der Waals surface area (Å²) in [6.07, 6.45) is 0. The van der Waals surface area contributed by atoms with Crippen molar-refractivity contribution >= 4 is 24.0 Å². The normalized spacial score (nSPS) is 11.9. The highest BCUT2D eigenvalue weighted by Crippen LogP contribution is 2.12. The molecule has 1 atom stereocenters. The third-order valence-electron chi connectivity index (χ3n) is 1.73. The predicted molar refractivity (Wildman–Crippen MR) is 56.2 cm³/mol. The van der Waals surface area contributed by atoms with Crippen LogP contribution in [0.1, 0.15) is 17.2 Å². The van der Waals surface area contributed by atoms with E-state index in [-0.39, 0.29) is 12.4 Å².